The van der Waals surface area contributed by atoms with Crippen molar-refractivity contribution >= 4 is 11.4 Å². The molecule has 0 aliphatic carbocycles. The fraction of sp³-hybridized carbons (Fsp3) is 0.714. The third-order valence-corrected chi connectivity index (χ3v) is 15.9. The molecular weight excluding hydrogens is 891 g/mol. The van der Waals surface area contributed by atoms with E-state index < -0.39 is 0 Å². The van der Waals surface area contributed by atoms with Gasteiger partial charge >= 0.3 is 54.5 Å². The Labute approximate surface area is 419 Å². The summed E-state index contributed by atoms with van der Waals surface area (Å²) < 4.78 is 1.53. The molecule has 0 atom stereocenters. The summed E-state index contributed by atoms with van der Waals surface area (Å²) in [6.07, 6.45) is 48.2. The van der Waals surface area contributed by atoms with Gasteiger partial charge in [-0.15, -0.1) is 0 Å². The molecule has 0 radical (unpaired) electrons. The van der Waals surface area contributed by atoms with E-state index in [1.54, 1.807) is 0 Å². The summed E-state index contributed by atoms with van der Waals surface area (Å²) in [5, 5.41) is 0. The molecule has 0 saturated heterocycles. The topological polar surface area (TPSA) is 25.3 Å². The van der Waals surface area contributed by atoms with Crippen LogP contribution in [0.4, 0.5) is 0 Å². The summed E-state index contributed by atoms with van der Waals surface area (Å²) >= 11 is 1.07. The number of hydrogen-bond acceptors (Lipinski definition) is 0. The molecule has 2 aromatic carbocycles. The first-order valence-corrected chi connectivity index (χ1v) is 30.8. The number of unbranched alkanes of at least 4 members (excludes halogenated alkanes) is 28. The van der Waals surface area contributed by atoms with Crippen LogP contribution < -0.4 is 0 Å². The normalized spacial score (nSPS) is 12.5. The van der Waals surface area contributed by atoms with Gasteiger partial charge in [0.25, 0.3) is 0 Å². The SMILES string of the molecule is CCCCCCCCCCCCCCCCCCCCCC#CC1=C(c2cccc(CCCCCC)c2)[N+](=[N-])C(c2cccc(CCCCCC)c2)=C1CCCCCC.CC[CH2][Pd][CH2]CC. The summed E-state index contributed by atoms with van der Waals surface area (Å²) in [5.41, 5.74) is 21.3. The molecule has 0 bridgehead atoms. The van der Waals surface area contributed by atoms with Crippen LogP contribution >= 0.6 is 0 Å². The Morgan fingerprint density at radius 3 is 1.18 bits per heavy atom. The van der Waals surface area contributed by atoms with Gasteiger partial charge in [-0.25, -0.2) is 4.70 Å². The number of aryl methyl sites for hydroxylation is 2. The predicted octanol–water partition coefficient (Wildman–Crippen LogP) is 21.6. The Hall–Kier alpha value is -2.26. The zero-order valence-electron chi connectivity index (χ0n) is 44.4. The molecule has 1 aliphatic heterocycles. The Bertz CT molecular complexity index is 1620. The summed E-state index contributed by atoms with van der Waals surface area (Å²) in [4.78, 5) is 2.95. The van der Waals surface area contributed by atoms with Crippen LogP contribution in [0.1, 0.15) is 289 Å². The second kappa shape index (κ2) is 42.8. The van der Waals surface area contributed by atoms with E-state index >= 15 is 0 Å². The number of hydrogen-bond donors (Lipinski definition) is 0. The van der Waals surface area contributed by atoms with Crippen molar-refractivity contribution in [1.82, 2.24) is 0 Å². The van der Waals surface area contributed by atoms with E-state index in [9.17, 15) is 5.53 Å². The van der Waals surface area contributed by atoms with E-state index in [1.807, 2.05) is 0 Å². The molecule has 2 nitrogen and oxygen atoms in total. The molecule has 0 unspecified atom stereocenters. The first-order chi connectivity index (χ1) is 32.6. The van der Waals surface area contributed by atoms with Crippen LogP contribution in [0.2, 0.25) is 9.79 Å². The molecule has 3 heteroatoms. The van der Waals surface area contributed by atoms with E-state index in [4.69, 9.17) is 0 Å². The number of benzene rings is 2. The fourth-order valence-electron chi connectivity index (χ4n) is 9.28. The maximum atomic E-state index is 12.3. The molecule has 0 aromatic heterocycles. The van der Waals surface area contributed by atoms with Gasteiger partial charge in [0.05, 0.1) is 0 Å². The quantitative estimate of drug-likeness (QED) is 0.0275. The predicted molar refractivity (Wildman–Crippen MR) is 291 cm³/mol. The second-order valence-electron chi connectivity index (χ2n) is 19.6. The molecule has 3 rings (SSSR count). The van der Waals surface area contributed by atoms with Crippen LogP contribution in [0.15, 0.2) is 59.7 Å². The summed E-state index contributed by atoms with van der Waals surface area (Å²) in [6.45, 7) is 13.7. The van der Waals surface area contributed by atoms with E-state index in [1.165, 1.54) is 230 Å². The van der Waals surface area contributed by atoms with Gasteiger partial charge < -0.3 is 5.53 Å². The first kappa shape index (κ1) is 59.9. The van der Waals surface area contributed by atoms with Gasteiger partial charge in [0.2, 0.25) is 11.4 Å². The first-order valence-electron chi connectivity index (χ1n) is 28.6. The van der Waals surface area contributed by atoms with Crippen LogP contribution in [-0.2, 0) is 30.8 Å². The Morgan fingerprint density at radius 1 is 0.409 bits per heavy atom. The van der Waals surface area contributed by atoms with Crippen LogP contribution in [-0.4, -0.2) is 4.70 Å². The fourth-order valence-corrected chi connectivity index (χ4v) is 10.8. The van der Waals surface area contributed by atoms with Crippen molar-refractivity contribution in [2.45, 2.75) is 289 Å². The van der Waals surface area contributed by atoms with Gasteiger partial charge in [-0.3, -0.25) is 0 Å². The molecule has 0 amide bonds. The average molecular weight is 996 g/mol. The van der Waals surface area contributed by atoms with Crippen LogP contribution in [0.5, 0.6) is 0 Å². The molecule has 1 heterocycles. The summed E-state index contributed by atoms with van der Waals surface area (Å²) in [7, 11) is 0. The van der Waals surface area contributed by atoms with Crippen LogP contribution in [0.25, 0.3) is 16.9 Å². The van der Waals surface area contributed by atoms with E-state index in [0.29, 0.717) is 0 Å². The monoisotopic (exact) mass is 995 g/mol. The third kappa shape index (κ3) is 27.7. The Kier molecular flexibility index (Phi) is 38.8. The molecule has 376 valence electrons. The van der Waals surface area contributed by atoms with Crippen LogP contribution in [0, 0.1) is 11.8 Å². The number of nitrogens with zero attached hydrogens (tertiary/aromatic N) is 2. The molecule has 0 N–H and O–H groups in total. The zero-order valence-corrected chi connectivity index (χ0v) is 46.0. The molecule has 2 aromatic rings. The zero-order chi connectivity index (χ0) is 47.6. The number of allylic oxidation sites excluding steroid dienone is 2. The molecule has 0 saturated carbocycles. The van der Waals surface area contributed by atoms with Gasteiger partial charge in [0.1, 0.15) is 5.57 Å². The van der Waals surface area contributed by atoms with Gasteiger partial charge in [-0.2, -0.15) is 0 Å². The van der Waals surface area contributed by atoms with E-state index in [-0.39, 0.29) is 0 Å². The van der Waals surface area contributed by atoms with Crippen molar-refractivity contribution in [3.63, 3.8) is 0 Å². The Balaban J connectivity index is 0.00000197. The minimum atomic E-state index is 0.884. The molecule has 0 spiro atoms. The van der Waals surface area contributed by atoms with Crippen molar-refractivity contribution in [2.75, 3.05) is 0 Å². The summed E-state index contributed by atoms with van der Waals surface area (Å²) in [6, 6.07) is 18.0. The molecular formula is C63H104N2Pd. The second-order valence-corrected chi connectivity index (χ2v) is 21.9. The van der Waals surface area contributed by atoms with Crippen molar-refractivity contribution in [1.29, 1.82) is 0 Å². The van der Waals surface area contributed by atoms with Gasteiger partial charge in [0, 0.05) is 23.1 Å². The number of rotatable bonds is 40. The van der Waals surface area contributed by atoms with Crippen molar-refractivity contribution < 1.29 is 22.7 Å². The van der Waals surface area contributed by atoms with Gasteiger partial charge in [0.15, 0.2) is 0 Å². The van der Waals surface area contributed by atoms with E-state index in [2.05, 4.69) is 102 Å². The molecule has 66 heavy (non-hydrogen) atoms. The van der Waals surface area contributed by atoms with Gasteiger partial charge in [-0.05, 0) is 80.3 Å². The average Bonchev–Trinajstić information content (AvgIpc) is 3.61. The van der Waals surface area contributed by atoms with Crippen LogP contribution in [0.3, 0.4) is 0 Å². The maximum absolute atomic E-state index is 12.3. The molecule has 1 aliphatic rings. The van der Waals surface area contributed by atoms with Crippen molar-refractivity contribution in [3.8, 4) is 11.8 Å². The minimum absolute atomic E-state index is 0.884. The van der Waals surface area contributed by atoms with Crippen molar-refractivity contribution in [2.24, 2.45) is 0 Å². The third-order valence-electron chi connectivity index (χ3n) is 13.2. The summed E-state index contributed by atoms with van der Waals surface area (Å²) in [5.74, 6) is 7.36. The van der Waals surface area contributed by atoms with Crippen molar-refractivity contribution in [3.05, 3.63) is 87.5 Å². The Morgan fingerprint density at radius 2 is 0.773 bits per heavy atom. The standard InChI is InChI=1S/C57H90N2.2C3H7.Pd/c1-5-9-13-17-18-19-20-21-22-23-24-25-26-27-28-29-30-31-32-33-37-47-55-54(46-36-16-12-8-4)56(52-44-38-42-50(48-52)40-34-14-10-6-2)59(58)57(55)53-45-39-43-51(49-53)41-35-15-11-7-3;2*1-3-2;/h38-39,42-45,48-49H,5-36,40-41,46H2,1-4H3;2*1,3H2,2H3;. The molecule has 0 fully saturated rings. The van der Waals surface area contributed by atoms with E-state index in [0.717, 1.165) is 84.6 Å². The van der Waals surface area contributed by atoms with Gasteiger partial charge in [-0.1, -0.05) is 237 Å².